The SMILES string of the molecule is Cc1ccc(OCCS(C)(=O)=O)c(CBr)c1. The van der Waals surface area contributed by atoms with E-state index in [1.807, 2.05) is 25.1 Å². The van der Waals surface area contributed by atoms with Crippen molar-refractivity contribution in [2.45, 2.75) is 12.3 Å². The summed E-state index contributed by atoms with van der Waals surface area (Å²) in [7, 11) is -2.96. The number of rotatable bonds is 5. The maximum Gasteiger partial charge on any atom is 0.150 e. The van der Waals surface area contributed by atoms with Crippen molar-refractivity contribution >= 4 is 25.8 Å². The van der Waals surface area contributed by atoms with E-state index in [-0.39, 0.29) is 12.4 Å². The van der Waals surface area contributed by atoms with E-state index in [0.717, 1.165) is 16.9 Å². The predicted molar refractivity (Wildman–Crippen MR) is 69.0 cm³/mol. The van der Waals surface area contributed by atoms with Crippen LogP contribution in [0.3, 0.4) is 0 Å². The highest BCUT2D eigenvalue weighted by Gasteiger charge is 2.05. The third kappa shape index (κ3) is 4.53. The second-order valence-corrected chi connectivity index (χ2v) is 6.54. The highest BCUT2D eigenvalue weighted by atomic mass is 79.9. The summed E-state index contributed by atoms with van der Waals surface area (Å²) in [5.41, 5.74) is 2.19. The average Bonchev–Trinajstić information content (AvgIpc) is 2.18. The van der Waals surface area contributed by atoms with Crippen molar-refractivity contribution in [2.24, 2.45) is 0 Å². The van der Waals surface area contributed by atoms with Crippen LogP contribution in [0.2, 0.25) is 0 Å². The second-order valence-electron chi connectivity index (χ2n) is 3.72. The van der Waals surface area contributed by atoms with Gasteiger partial charge >= 0.3 is 0 Å². The zero-order chi connectivity index (χ0) is 12.2. The number of benzene rings is 1. The van der Waals surface area contributed by atoms with Crippen molar-refractivity contribution < 1.29 is 13.2 Å². The monoisotopic (exact) mass is 306 g/mol. The summed E-state index contributed by atoms with van der Waals surface area (Å²) in [6.07, 6.45) is 1.21. The Morgan fingerprint density at radius 2 is 2.06 bits per heavy atom. The van der Waals surface area contributed by atoms with E-state index >= 15 is 0 Å². The van der Waals surface area contributed by atoms with Crippen LogP contribution in [0.25, 0.3) is 0 Å². The fraction of sp³-hybridized carbons (Fsp3) is 0.455. The van der Waals surface area contributed by atoms with Crippen LogP contribution in [0.4, 0.5) is 0 Å². The highest BCUT2D eigenvalue weighted by molar-refractivity contribution is 9.08. The molecule has 0 N–H and O–H groups in total. The van der Waals surface area contributed by atoms with Gasteiger partial charge in [0.1, 0.15) is 12.4 Å². The number of sulfone groups is 1. The zero-order valence-corrected chi connectivity index (χ0v) is 11.8. The number of alkyl halides is 1. The molecule has 0 saturated carbocycles. The number of hydrogen-bond donors (Lipinski definition) is 0. The third-order valence-corrected chi connectivity index (χ3v) is 3.58. The van der Waals surface area contributed by atoms with Crippen molar-refractivity contribution in [3.8, 4) is 5.75 Å². The number of ether oxygens (including phenoxy) is 1. The molecule has 90 valence electrons. The van der Waals surface area contributed by atoms with Crippen LogP contribution in [-0.4, -0.2) is 27.0 Å². The van der Waals surface area contributed by atoms with Gasteiger partial charge in [0.2, 0.25) is 0 Å². The van der Waals surface area contributed by atoms with Crippen molar-refractivity contribution in [1.29, 1.82) is 0 Å². The largest absolute Gasteiger partial charge is 0.492 e. The van der Waals surface area contributed by atoms with Crippen LogP contribution >= 0.6 is 15.9 Å². The van der Waals surface area contributed by atoms with E-state index in [9.17, 15) is 8.42 Å². The molecule has 0 amide bonds. The molecule has 0 fully saturated rings. The Hall–Kier alpha value is -0.550. The Labute approximate surface area is 105 Å². The van der Waals surface area contributed by atoms with Crippen LogP contribution in [0.1, 0.15) is 11.1 Å². The molecule has 1 aromatic carbocycles. The summed E-state index contributed by atoms with van der Waals surface area (Å²) in [6.45, 7) is 2.20. The lowest BCUT2D eigenvalue weighted by atomic mass is 10.1. The van der Waals surface area contributed by atoms with Crippen molar-refractivity contribution in [2.75, 3.05) is 18.6 Å². The number of aryl methyl sites for hydroxylation is 1. The molecule has 0 aliphatic rings. The molecule has 0 aliphatic carbocycles. The van der Waals surface area contributed by atoms with Gasteiger partial charge in [0.05, 0.1) is 5.75 Å². The van der Waals surface area contributed by atoms with E-state index in [4.69, 9.17) is 4.74 Å². The smallest absolute Gasteiger partial charge is 0.150 e. The summed E-state index contributed by atoms with van der Waals surface area (Å²) in [4.78, 5) is 0. The molecule has 3 nitrogen and oxygen atoms in total. The highest BCUT2D eigenvalue weighted by Crippen LogP contribution is 2.22. The van der Waals surface area contributed by atoms with Gasteiger partial charge < -0.3 is 4.74 Å². The first-order chi connectivity index (χ1) is 7.42. The molecule has 0 aromatic heterocycles. The Balaban J connectivity index is 2.67. The zero-order valence-electron chi connectivity index (χ0n) is 9.36. The maximum atomic E-state index is 10.9. The first-order valence-electron chi connectivity index (χ1n) is 4.88. The lowest BCUT2D eigenvalue weighted by molar-refractivity contribution is 0.338. The van der Waals surface area contributed by atoms with E-state index in [1.54, 1.807) is 0 Å². The molecule has 0 heterocycles. The van der Waals surface area contributed by atoms with Gasteiger partial charge in [0.15, 0.2) is 9.84 Å². The molecule has 5 heteroatoms. The van der Waals surface area contributed by atoms with E-state index in [2.05, 4.69) is 15.9 Å². The normalized spacial score (nSPS) is 11.4. The van der Waals surface area contributed by atoms with Gasteiger partial charge in [-0.2, -0.15) is 0 Å². The molecular formula is C11H15BrO3S. The molecule has 0 bridgehead atoms. The number of halogens is 1. The minimum Gasteiger partial charge on any atom is -0.492 e. The summed E-state index contributed by atoms with van der Waals surface area (Å²) >= 11 is 3.38. The van der Waals surface area contributed by atoms with Crippen LogP contribution < -0.4 is 4.74 Å². The molecule has 0 unspecified atom stereocenters. The summed E-state index contributed by atoms with van der Waals surface area (Å²) in [5, 5.41) is 0.697. The molecule has 1 rings (SSSR count). The topological polar surface area (TPSA) is 43.4 Å². The Morgan fingerprint density at radius 3 is 2.62 bits per heavy atom. The van der Waals surface area contributed by atoms with Crippen LogP contribution in [0, 0.1) is 6.92 Å². The molecule has 0 atom stereocenters. The Kier molecular flexibility index (Phi) is 4.80. The standard InChI is InChI=1S/C11H15BrO3S/c1-9-3-4-11(10(7-9)8-12)15-5-6-16(2,13)14/h3-4,7H,5-6,8H2,1-2H3. The maximum absolute atomic E-state index is 10.9. The Morgan fingerprint density at radius 1 is 1.38 bits per heavy atom. The van der Waals surface area contributed by atoms with Gasteiger partial charge in [-0.05, 0) is 13.0 Å². The third-order valence-electron chi connectivity index (χ3n) is 2.07. The number of hydrogen-bond acceptors (Lipinski definition) is 3. The average molecular weight is 307 g/mol. The first kappa shape index (κ1) is 13.5. The molecule has 0 saturated heterocycles. The Bertz CT molecular complexity index is 454. The predicted octanol–water partition coefficient (Wildman–Crippen LogP) is 2.31. The van der Waals surface area contributed by atoms with Gasteiger partial charge in [0.25, 0.3) is 0 Å². The molecule has 16 heavy (non-hydrogen) atoms. The second kappa shape index (κ2) is 5.68. The van der Waals surface area contributed by atoms with Crippen molar-refractivity contribution in [3.05, 3.63) is 29.3 Å². The van der Waals surface area contributed by atoms with E-state index in [0.29, 0.717) is 5.33 Å². The van der Waals surface area contributed by atoms with Crippen LogP contribution in [-0.2, 0) is 15.2 Å². The lowest BCUT2D eigenvalue weighted by Gasteiger charge is -2.10. The van der Waals surface area contributed by atoms with Crippen molar-refractivity contribution in [1.82, 2.24) is 0 Å². The molecule has 0 spiro atoms. The molecular weight excluding hydrogens is 292 g/mol. The van der Waals surface area contributed by atoms with Gasteiger partial charge in [0, 0.05) is 17.1 Å². The minimum absolute atomic E-state index is 0.0442. The quantitative estimate of drug-likeness (QED) is 0.784. The summed E-state index contributed by atoms with van der Waals surface area (Å²) in [5.74, 6) is 0.786. The van der Waals surface area contributed by atoms with Gasteiger partial charge in [-0.3, -0.25) is 0 Å². The molecule has 0 radical (unpaired) electrons. The molecule has 0 aliphatic heterocycles. The van der Waals surface area contributed by atoms with Gasteiger partial charge in [-0.15, -0.1) is 0 Å². The first-order valence-corrected chi connectivity index (χ1v) is 8.06. The van der Waals surface area contributed by atoms with Gasteiger partial charge in [-0.1, -0.05) is 33.6 Å². The van der Waals surface area contributed by atoms with Crippen LogP contribution in [0.5, 0.6) is 5.75 Å². The minimum atomic E-state index is -2.96. The van der Waals surface area contributed by atoms with Gasteiger partial charge in [-0.25, -0.2) is 8.42 Å². The lowest BCUT2D eigenvalue weighted by Crippen LogP contribution is -2.12. The fourth-order valence-electron chi connectivity index (χ4n) is 1.26. The molecule has 1 aromatic rings. The fourth-order valence-corrected chi connectivity index (χ4v) is 2.08. The van der Waals surface area contributed by atoms with Crippen LogP contribution in [0.15, 0.2) is 18.2 Å². The summed E-state index contributed by atoms with van der Waals surface area (Å²) in [6, 6.07) is 5.83. The van der Waals surface area contributed by atoms with Crippen molar-refractivity contribution in [3.63, 3.8) is 0 Å². The van der Waals surface area contributed by atoms with E-state index < -0.39 is 9.84 Å². The van der Waals surface area contributed by atoms with E-state index in [1.165, 1.54) is 6.26 Å². The summed E-state index contributed by atoms with van der Waals surface area (Å²) < 4.78 is 27.3.